The van der Waals surface area contributed by atoms with Crippen molar-refractivity contribution in [1.29, 1.82) is 0 Å². The van der Waals surface area contributed by atoms with Gasteiger partial charge in [0.25, 0.3) is 0 Å². The third-order valence-corrected chi connectivity index (χ3v) is 5.46. The summed E-state index contributed by atoms with van der Waals surface area (Å²) in [6.45, 7) is 3.85. The SMILES string of the molecule is C[C@@H]1CCCC[C@@H]1NC(=S)NCc1ccc(N2CCCC2=O)cc1. The lowest BCUT2D eigenvalue weighted by molar-refractivity contribution is -0.117. The van der Waals surface area contributed by atoms with Crippen molar-refractivity contribution < 1.29 is 4.79 Å². The topological polar surface area (TPSA) is 44.4 Å². The molecule has 2 fully saturated rings. The van der Waals surface area contributed by atoms with Gasteiger partial charge in [0.15, 0.2) is 5.11 Å². The van der Waals surface area contributed by atoms with Crippen LogP contribution in [0.5, 0.6) is 0 Å². The summed E-state index contributed by atoms with van der Waals surface area (Å²) < 4.78 is 0. The lowest BCUT2D eigenvalue weighted by Crippen LogP contribution is -2.45. The van der Waals surface area contributed by atoms with Crippen molar-refractivity contribution in [2.45, 2.75) is 58.0 Å². The maximum atomic E-state index is 11.8. The van der Waals surface area contributed by atoms with Crippen LogP contribution in [0.2, 0.25) is 0 Å². The number of benzene rings is 1. The molecule has 0 unspecified atom stereocenters. The van der Waals surface area contributed by atoms with Crippen LogP contribution in [0.15, 0.2) is 24.3 Å². The Balaban J connectivity index is 1.47. The van der Waals surface area contributed by atoms with Gasteiger partial charge < -0.3 is 15.5 Å². The Kier molecular flexibility index (Phi) is 5.72. The smallest absolute Gasteiger partial charge is 0.227 e. The first-order chi connectivity index (χ1) is 11.6. The molecule has 24 heavy (non-hydrogen) atoms. The van der Waals surface area contributed by atoms with E-state index in [1.54, 1.807) is 0 Å². The number of hydrogen-bond donors (Lipinski definition) is 2. The van der Waals surface area contributed by atoms with Gasteiger partial charge in [-0.1, -0.05) is 31.9 Å². The molecule has 5 heteroatoms. The molecule has 4 nitrogen and oxygen atoms in total. The van der Waals surface area contributed by atoms with Gasteiger partial charge in [-0.15, -0.1) is 0 Å². The molecule has 1 heterocycles. The molecule has 2 atom stereocenters. The molecule has 2 N–H and O–H groups in total. The molecule has 3 rings (SSSR count). The number of carbonyl (C=O) groups excluding carboxylic acids is 1. The second-order valence-corrected chi connectivity index (χ2v) is 7.42. The van der Waals surface area contributed by atoms with E-state index in [1.165, 1.54) is 31.2 Å². The highest BCUT2D eigenvalue weighted by Crippen LogP contribution is 2.24. The Morgan fingerprint density at radius 2 is 1.96 bits per heavy atom. The summed E-state index contributed by atoms with van der Waals surface area (Å²) in [4.78, 5) is 13.6. The molecule has 1 aliphatic heterocycles. The normalized spacial score (nSPS) is 24.0. The molecule has 0 spiro atoms. The predicted octanol–water partition coefficient (Wildman–Crippen LogP) is 3.36. The summed E-state index contributed by atoms with van der Waals surface area (Å²) in [5.74, 6) is 0.920. The van der Waals surface area contributed by atoms with Crippen LogP contribution < -0.4 is 15.5 Å². The van der Waals surface area contributed by atoms with Gasteiger partial charge in [0.05, 0.1) is 0 Å². The van der Waals surface area contributed by atoms with Crippen LogP contribution in [0.25, 0.3) is 0 Å². The molecule has 130 valence electrons. The number of carbonyl (C=O) groups is 1. The standard InChI is InChI=1S/C19H27N3OS/c1-14-5-2-3-6-17(14)21-19(24)20-13-15-8-10-16(11-9-15)22-12-4-7-18(22)23/h8-11,14,17H,2-7,12-13H2,1H3,(H2,20,21,24)/t14-,17+/m1/s1. The molecule has 1 saturated carbocycles. The molecular weight excluding hydrogens is 318 g/mol. The lowest BCUT2D eigenvalue weighted by Gasteiger charge is -2.30. The monoisotopic (exact) mass is 345 g/mol. The molecule has 1 amide bonds. The summed E-state index contributed by atoms with van der Waals surface area (Å²) in [6.07, 6.45) is 6.76. The van der Waals surface area contributed by atoms with Gasteiger partial charge in [0.2, 0.25) is 5.91 Å². The molecule has 1 saturated heterocycles. The minimum absolute atomic E-state index is 0.229. The zero-order chi connectivity index (χ0) is 16.9. The van der Waals surface area contributed by atoms with Crippen LogP contribution in [0.3, 0.4) is 0 Å². The van der Waals surface area contributed by atoms with Crippen LogP contribution in [0.4, 0.5) is 5.69 Å². The molecule has 1 aliphatic carbocycles. The van der Waals surface area contributed by atoms with Crippen LogP contribution in [-0.2, 0) is 11.3 Å². The van der Waals surface area contributed by atoms with E-state index in [-0.39, 0.29) is 5.91 Å². The summed E-state index contributed by atoms with van der Waals surface area (Å²) in [5, 5.41) is 7.52. The van der Waals surface area contributed by atoms with Gasteiger partial charge in [0.1, 0.15) is 0 Å². The van der Waals surface area contributed by atoms with Crippen molar-refractivity contribution in [3.63, 3.8) is 0 Å². The van der Waals surface area contributed by atoms with Gasteiger partial charge in [0, 0.05) is 31.2 Å². The second-order valence-electron chi connectivity index (χ2n) is 7.01. The Morgan fingerprint density at radius 3 is 2.62 bits per heavy atom. The number of hydrogen-bond acceptors (Lipinski definition) is 2. The number of thiocarbonyl (C=S) groups is 1. The van der Waals surface area contributed by atoms with Crippen molar-refractivity contribution in [2.75, 3.05) is 11.4 Å². The van der Waals surface area contributed by atoms with Crippen molar-refractivity contribution >= 4 is 28.9 Å². The van der Waals surface area contributed by atoms with Crippen molar-refractivity contribution in [3.05, 3.63) is 29.8 Å². The third-order valence-electron chi connectivity index (χ3n) is 5.20. The van der Waals surface area contributed by atoms with E-state index in [2.05, 4.69) is 29.7 Å². The Hall–Kier alpha value is -1.62. The highest BCUT2D eigenvalue weighted by Gasteiger charge is 2.22. The van der Waals surface area contributed by atoms with Gasteiger partial charge in [-0.2, -0.15) is 0 Å². The van der Waals surface area contributed by atoms with E-state index < -0.39 is 0 Å². The Morgan fingerprint density at radius 1 is 1.21 bits per heavy atom. The Labute approximate surface area is 150 Å². The third kappa shape index (κ3) is 4.26. The number of amides is 1. The zero-order valence-electron chi connectivity index (χ0n) is 14.4. The van der Waals surface area contributed by atoms with Crippen molar-refractivity contribution in [1.82, 2.24) is 10.6 Å². The number of nitrogens with one attached hydrogen (secondary N) is 2. The first-order valence-corrected chi connectivity index (χ1v) is 9.48. The molecule has 0 bridgehead atoms. The second kappa shape index (κ2) is 7.97. The van der Waals surface area contributed by atoms with Crippen LogP contribution in [0, 0.1) is 5.92 Å². The summed E-state index contributed by atoms with van der Waals surface area (Å²) in [7, 11) is 0. The summed E-state index contributed by atoms with van der Waals surface area (Å²) in [6, 6.07) is 8.70. The van der Waals surface area contributed by atoms with Gasteiger partial charge >= 0.3 is 0 Å². The molecule has 1 aromatic carbocycles. The lowest BCUT2D eigenvalue weighted by atomic mass is 9.86. The minimum atomic E-state index is 0.229. The molecular formula is C19H27N3OS. The number of rotatable bonds is 4. The number of anilines is 1. The minimum Gasteiger partial charge on any atom is -0.360 e. The highest BCUT2D eigenvalue weighted by molar-refractivity contribution is 7.80. The quantitative estimate of drug-likeness (QED) is 0.822. The first kappa shape index (κ1) is 17.2. The van der Waals surface area contributed by atoms with E-state index in [9.17, 15) is 4.79 Å². The number of nitrogens with zero attached hydrogens (tertiary/aromatic N) is 1. The van der Waals surface area contributed by atoms with E-state index >= 15 is 0 Å². The molecule has 0 aromatic heterocycles. The largest absolute Gasteiger partial charge is 0.360 e. The van der Waals surface area contributed by atoms with E-state index in [4.69, 9.17) is 12.2 Å². The molecule has 0 radical (unpaired) electrons. The highest BCUT2D eigenvalue weighted by atomic mass is 32.1. The van der Waals surface area contributed by atoms with E-state index in [0.717, 1.165) is 23.8 Å². The fraction of sp³-hybridized carbons (Fsp3) is 0.579. The van der Waals surface area contributed by atoms with Gasteiger partial charge in [-0.05, 0) is 55.1 Å². The maximum absolute atomic E-state index is 11.8. The van der Waals surface area contributed by atoms with Crippen molar-refractivity contribution in [3.8, 4) is 0 Å². The fourth-order valence-corrected chi connectivity index (χ4v) is 3.87. The van der Waals surface area contributed by atoms with E-state index in [1.807, 2.05) is 17.0 Å². The van der Waals surface area contributed by atoms with Gasteiger partial charge in [-0.25, -0.2) is 0 Å². The average molecular weight is 346 g/mol. The molecule has 1 aromatic rings. The summed E-state index contributed by atoms with van der Waals surface area (Å²) in [5.41, 5.74) is 2.17. The average Bonchev–Trinajstić information content (AvgIpc) is 3.02. The van der Waals surface area contributed by atoms with Gasteiger partial charge in [-0.3, -0.25) is 4.79 Å². The fourth-order valence-electron chi connectivity index (χ4n) is 3.65. The first-order valence-electron chi connectivity index (χ1n) is 9.07. The van der Waals surface area contributed by atoms with Crippen LogP contribution >= 0.6 is 12.2 Å². The molecule has 2 aliphatic rings. The maximum Gasteiger partial charge on any atom is 0.227 e. The van der Waals surface area contributed by atoms with Crippen LogP contribution in [0.1, 0.15) is 51.0 Å². The van der Waals surface area contributed by atoms with Crippen LogP contribution in [-0.4, -0.2) is 23.6 Å². The van der Waals surface area contributed by atoms with E-state index in [0.29, 0.717) is 24.9 Å². The van der Waals surface area contributed by atoms with Crippen molar-refractivity contribution in [2.24, 2.45) is 5.92 Å². The zero-order valence-corrected chi connectivity index (χ0v) is 15.2. The Bertz CT molecular complexity index is 587. The summed E-state index contributed by atoms with van der Waals surface area (Å²) >= 11 is 5.44. The predicted molar refractivity (Wildman–Crippen MR) is 102 cm³/mol.